The molecule has 0 saturated heterocycles. The number of nitrogens with one attached hydrogen (secondary N) is 1. The molecule has 1 aromatic heterocycles. The fourth-order valence-corrected chi connectivity index (χ4v) is 2.86. The number of nitrogens with zero attached hydrogens (tertiary/aromatic N) is 4. The third kappa shape index (κ3) is 3.56. The van der Waals surface area contributed by atoms with Crippen molar-refractivity contribution in [3.63, 3.8) is 0 Å². The summed E-state index contributed by atoms with van der Waals surface area (Å²) in [4.78, 5) is 2.42. The Bertz CT molecular complexity index is 421. The highest BCUT2D eigenvalue weighted by Gasteiger charge is 2.29. The van der Waals surface area contributed by atoms with Gasteiger partial charge in [-0.2, -0.15) is 0 Å². The van der Waals surface area contributed by atoms with Gasteiger partial charge in [-0.1, -0.05) is 6.92 Å². The van der Waals surface area contributed by atoms with Gasteiger partial charge in [-0.15, -0.1) is 10.2 Å². The van der Waals surface area contributed by atoms with E-state index in [1.54, 1.807) is 6.33 Å². The zero-order valence-electron chi connectivity index (χ0n) is 12.8. The molecule has 114 valence electrons. The molecule has 2 atom stereocenters. The lowest BCUT2D eigenvalue weighted by Gasteiger charge is -2.38. The Morgan fingerprint density at radius 1 is 1.50 bits per heavy atom. The lowest BCUT2D eigenvalue weighted by molar-refractivity contribution is 0.0974. The zero-order chi connectivity index (χ0) is 14.6. The minimum atomic E-state index is -0.208. The van der Waals surface area contributed by atoms with Crippen LogP contribution in [0.5, 0.6) is 0 Å². The lowest BCUT2D eigenvalue weighted by Crippen LogP contribution is -2.51. The molecular formula is C14H27N5O. The Morgan fingerprint density at radius 2 is 2.30 bits per heavy atom. The first-order chi connectivity index (χ1) is 9.58. The summed E-state index contributed by atoms with van der Waals surface area (Å²) in [6, 6.07) is 0.405. The average molecular weight is 281 g/mol. The van der Waals surface area contributed by atoms with Crippen LogP contribution in [0.15, 0.2) is 6.33 Å². The fourth-order valence-electron chi connectivity index (χ4n) is 2.86. The van der Waals surface area contributed by atoms with Crippen LogP contribution in [-0.4, -0.2) is 56.0 Å². The molecule has 0 radical (unpaired) electrons. The average Bonchev–Trinajstić information content (AvgIpc) is 2.92. The molecule has 1 aliphatic heterocycles. The molecule has 0 aliphatic carbocycles. The summed E-state index contributed by atoms with van der Waals surface area (Å²) in [5, 5.41) is 21.3. The zero-order valence-corrected chi connectivity index (χ0v) is 12.8. The van der Waals surface area contributed by atoms with E-state index in [9.17, 15) is 5.11 Å². The van der Waals surface area contributed by atoms with Gasteiger partial charge in [0.2, 0.25) is 0 Å². The predicted octanol–water partition coefficient (Wildman–Crippen LogP) is 0.623. The molecule has 0 saturated carbocycles. The number of fused-ring (bicyclic) bond motifs is 1. The van der Waals surface area contributed by atoms with E-state index in [1.807, 2.05) is 0 Å². The third-order valence-corrected chi connectivity index (χ3v) is 4.19. The number of aliphatic hydroxyl groups is 1. The first-order valence-electron chi connectivity index (χ1n) is 7.54. The van der Waals surface area contributed by atoms with Crippen LogP contribution < -0.4 is 5.32 Å². The predicted molar refractivity (Wildman–Crippen MR) is 78.3 cm³/mol. The van der Waals surface area contributed by atoms with Crippen molar-refractivity contribution in [2.75, 3.05) is 19.7 Å². The summed E-state index contributed by atoms with van der Waals surface area (Å²) in [5.74, 6) is 1.04. The summed E-state index contributed by atoms with van der Waals surface area (Å²) in [5.41, 5.74) is -0.208. The van der Waals surface area contributed by atoms with Gasteiger partial charge in [-0.05, 0) is 33.2 Å². The quantitative estimate of drug-likeness (QED) is 0.767. The number of aliphatic hydroxyl groups excluding tert-OH is 1. The number of hydrogen-bond acceptors (Lipinski definition) is 5. The number of rotatable bonds is 7. The second-order valence-electron chi connectivity index (χ2n) is 6.11. The topological polar surface area (TPSA) is 66.2 Å². The van der Waals surface area contributed by atoms with E-state index in [0.29, 0.717) is 6.04 Å². The largest absolute Gasteiger partial charge is 0.394 e. The summed E-state index contributed by atoms with van der Waals surface area (Å²) in [6.45, 7) is 10.4. The Morgan fingerprint density at radius 3 is 3.00 bits per heavy atom. The molecule has 0 spiro atoms. The van der Waals surface area contributed by atoms with Crippen LogP contribution in [0.1, 0.15) is 39.4 Å². The van der Waals surface area contributed by atoms with Crippen LogP contribution >= 0.6 is 0 Å². The smallest absolute Gasteiger partial charge is 0.147 e. The fraction of sp³-hybridized carbons (Fsp3) is 0.857. The first-order valence-corrected chi connectivity index (χ1v) is 7.54. The Hall–Kier alpha value is -0.980. The molecule has 0 aromatic carbocycles. The highest BCUT2D eigenvalue weighted by molar-refractivity contribution is 4.93. The molecule has 0 fully saturated rings. The van der Waals surface area contributed by atoms with Crippen LogP contribution in [0.4, 0.5) is 0 Å². The van der Waals surface area contributed by atoms with Gasteiger partial charge >= 0.3 is 0 Å². The van der Waals surface area contributed by atoms with Gasteiger partial charge in [-0.3, -0.25) is 4.90 Å². The van der Waals surface area contributed by atoms with Gasteiger partial charge in [0, 0.05) is 24.7 Å². The van der Waals surface area contributed by atoms with Gasteiger partial charge in [0.25, 0.3) is 0 Å². The van der Waals surface area contributed by atoms with Gasteiger partial charge in [0.05, 0.1) is 13.2 Å². The molecule has 0 amide bonds. The summed E-state index contributed by atoms with van der Waals surface area (Å²) < 4.78 is 2.11. The van der Waals surface area contributed by atoms with E-state index in [4.69, 9.17) is 0 Å². The third-order valence-electron chi connectivity index (χ3n) is 4.19. The monoisotopic (exact) mass is 281 g/mol. The van der Waals surface area contributed by atoms with Crippen molar-refractivity contribution in [3.05, 3.63) is 12.2 Å². The van der Waals surface area contributed by atoms with Crippen LogP contribution in [0.2, 0.25) is 0 Å². The summed E-state index contributed by atoms with van der Waals surface area (Å²) in [6.07, 6.45) is 3.81. The van der Waals surface area contributed by atoms with Crippen molar-refractivity contribution in [1.82, 2.24) is 25.0 Å². The maximum Gasteiger partial charge on any atom is 0.147 e. The summed E-state index contributed by atoms with van der Waals surface area (Å²) in [7, 11) is 0. The second kappa shape index (κ2) is 6.65. The molecule has 1 aromatic rings. The van der Waals surface area contributed by atoms with Gasteiger partial charge in [0.15, 0.2) is 0 Å². The van der Waals surface area contributed by atoms with E-state index in [-0.39, 0.29) is 12.1 Å². The Kier molecular flexibility index (Phi) is 5.12. The van der Waals surface area contributed by atoms with Crippen molar-refractivity contribution >= 4 is 0 Å². The standard InChI is InChI=1S/C14H27N5O/c1-4-5-15-14(3,10-20)8-12(2)18-6-7-19-11-16-17-13(19)9-18/h11-12,15,20H,4-10H2,1-3H3. The van der Waals surface area contributed by atoms with Crippen LogP contribution in [0.3, 0.4) is 0 Å². The van der Waals surface area contributed by atoms with E-state index >= 15 is 0 Å². The molecular weight excluding hydrogens is 254 g/mol. The molecule has 2 N–H and O–H groups in total. The lowest BCUT2D eigenvalue weighted by atomic mass is 9.93. The maximum atomic E-state index is 9.68. The van der Waals surface area contributed by atoms with Crippen molar-refractivity contribution in [2.45, 2.75) is 58.3 Å². The van der Waals surface area contributed by atoms with Crippen molar-refractivity contribution in [1.29, 1.82) is 0 Å². The van der Waals surface area contributed by atoms with E-state index in [2.05, 4.69) is 45.8 Å². The van der Waals surface area contributed by atoms with Gasteiger partial charge in [0.1, 0.15) is 12.2 Å². The molecule has 20 heavy (non-hydrogen) atoms. The molecule has 2 heterocycles. The first kappa shape index (κ1) is 15.4. The highest BCUT2D eigenvalue weighted by atomic mass is 16.3. The minimum absolute atomic E-state index is 0.168. The van der Waals surface area contributed by atoms with E-state index in [0.717, 1.165) is 44.8 Å². The Balaban J connectivity index is 1.93. The van der Waals surface area contributed by atoms with Crippen LogP contribution in [-0.2, 0) is 13.1 Å². The van der Waals surface area contributed by atoms with E-state index < -0.39 is 0 Å². The summed E-state index contributed by atoms with van der Waals surface area (Å²) >= 11 is 0. The SMILES string of the molecule is CCCNC(C)(CO)CC(C)N1CCn2cnnc2C1. The normalized spacial score (nSPS) is 20.4. The van der Waals surface area contributed by atoms with Crippen LogP contribution in [0.25, 0.3) is 0 Å². The molecule has 0 bridgehead atoms. The number of aromatic nitrogens is 3. The highest BCUT2D eigenvalue weighted by Crippen LogP contribution is 2.20. The van der Waals surface area contributed by atoms with Crippen molar-refractivity contribution in [2.24, 2.45) is 0 Å². The Labute approximate surface area is 121 Å². The van der Waals surface area contributed by atoms with E-state index in [1.165, 1.54) is 0 Å². The maximum absolute atomic E-state index is 9.68. The molecule has 6 heteroatoms. The van der Waals surface area contributed by atoms with Crippen LogP contribution in [0, 0.1) is 0 Å². The minimum Gasteiger partial charge on any atom is -0.394 e. The second-order valence-corrected chi connectivity index (χ2v) is 6.11. The molecule has 6 nitrogen and oxygen atoms in total. The number of hydrogen-bond donors (Lipinski definition) is 2. The van der Waals surface area contributed by atoms with Crippen molar-refractivity contribution < 1.29 is 5.11 Å². The molecule has 2 rings (SSSR count). The molecule has 1 aliphatic rings. The molecule has 2 unspecified atom stereocenters. The van der Waals surface area contributed by atoms with Crippen molar-refractivity contribution in [3.8, 4) is 0 Å². The van der Waals surface area contributed by atoms with Gasteiger partial charge in [-0.25, -0.2) is 0 Å². The van der Waals surface area contributed by atoms with Gasteiger partial charge < -0.3 is 15.0 Å².